The molecular formula is C18H20N2O. The van der Waals surface area contributed by atoms with Crippen LogP contribution in [0.3, 0.4) is 0 Å². The van der Waals surface area contributed by atoms with Crippen LogP contribution in [0.4, 0.5) is 5.69 Å². The first-order valence-corrected chi connectivity index (χ1v) is 7.45. The van der Waals surface area contributed by atoms with Crippen LogP contribution in [-0.4, -0.2) is 23.4 Å². The minimum Gasteiger partial charge on any atom is -0.376 e. The fraction of sp³-hybridized carbons (Fsp3) is 0.278. The molecule has 1 fully saturated rings. The molecule has 1 amide bonds. The zero-order valence-corrected chi connectivity index (χ0v) is 12.0. The van der Waals surface area contributed by atoms with Gasteiger partial charge in [-0.15, -0.1) is 0 Å². The van der Waals surface area contributed by atoms with Crippen LogP contribution in [0.25, 0.3) is 0 Å². The monoisotopic (exact) mass is 280 g/mol. The maximum absolute atomic E-state index is 12.5. The minimum absolute atomic E-state index is 0.171. The van der Waals surface area contributed by atoms with Crippen molar-refractivity contribution in [3.05, 3.63) is 66.2 Å². The Balaban J connectivity index is 1.60. The van der Waals surface area contributed by atoms with E-state index in [2.05, 4.69) is 17.4 Å². The van der Waals surface area contributed by atoms with Crippen molar-refractivity contribution in [2.75, 3.05) is 11.9 Å². The molecule has 3 rings (SSSR count). The molecule has 108 valence electrons. The molecule has 0 bridgehead atoms. The van der Waals surface area contributed by atoms with Crippen LogP contribution in [0.1, 0.15) is 18.4 Å². The molecule has 1 aliphatic carbocycles. The van der Waals surface area contributed by atoms with Crippen LogP contribution >= 0.6 is 0 Å². The highest BCUT2D eigenvalue weighted by Crippen LogP contribution is 2.28. The molecule has 0 unspecified atom stereocenters. The topological polar surface area (TPSA) is 32.3 Å². The Morgan fingerprint density at radius 1 is 1.00 bits per heavy atom. The fourth-order valence-electron chi connectivity index (χ4n) is 2.42. The molecule has 2 aromatic carbocycles. The highest BCUT2D eigenvalue weighted by molar-refractivity contribution is 5.81. The van der Waals surface area contributed by atoms with Gasteiger partial charge >= 0.3 is 0 Å². The Bertz CT molecular complexity index is 579. The van der Waals surface area contributed by atoms with E-state index in [1.165, 1.54) is 5.56 Å². The standard InChI is InChI=1S/C18H20N2O/c21-18(13-19-16-9-5-2-6-10-16)20(17-11-12-17)14-15-7-3-1-4-8-15/h1-10,17,19H,11-14H2. The average Bonchev–Trinajstić information content (AvgIpc) is 3.37. The molecule has 0 saturated heterocycles. The highest BCUT2D eigenvalue weighted by Gasteiger charge is 2.32. The van der Waals surface area contributed by atoms with Crippen molar-refractivity contribution >= 4 is 11.6 Å². The van der Waals surface area contributed by atoms with Crippen LogP contribution in [0, 0.1) is 0 Å². The molecule has 21 heavy (non-hydrogen) atoms. The number of nitrogens with zero attached hydrogens (tertiary/aromatic N) is 1. The summed E-state index contributed by atoms with van der Waals surface area (Å²) in [5, 5.41) is 3.20. The average molecular weight is 280 g/mol. The van der Waals surface area contributed by atoms with Gasteiger partial charge in [0.1, 0.15) is 0 Å². The van der Waals surface area contributed by atoms with Gasteiger partial charge in [-0.2, -0.15) is 0 Å². The van der Waals surface area contributed by atoms with Crippen LogP contribution in [0.2, 0.25) is 0 Å². The summed E-state index contributed by atoms with van der Waals surface area (Å²) in [5.74, 6) is 0.171. The Kier molecular flexibility index (Phi) is 4.20. The fourth-order valence-corrected chi connectivity index (χ4v) is 2.42. The van der Waals surface area contributed by atoms with Crippen molar-refractivity contribution in [2.45, 2.75) is 25.4 Å². The number of para-hydroxylation sites is 1. The normalized spacial score (nSPS) is 13.7. The third-order valence-corrected chi connectivity index (χ3v) is 3.72. The van der Waals surface area contributed by atoms with Crippen molar-refractivity contribution in [3.8, 4) is 0 Å². The molecular weight excluding hydrogens is 260 g/mol. The quantitative estimate of drug-likeness (QED) is 0.880. The number of carbonyl (C=O) groups excluding carboxylic acids is 1. The van der Waals surface area contributed by atoms with Gasteiger partial charge in [0.25, 0.3) is 0 Å². The number of hydrogen-bond acceptors (Lipinski definition) is 2. The molecule has 0 aliphatic heterocycles. The molecule has 3 nitrogen and oxygen atoms in total. The first-order valence-electron chi connectivity index (χ1n) is 7.45. The third-order valence-electron chi connectivity index (χ3n) is 3.72. The first-order chi connectivity index (χ1) is 10.3. The van der Waals surface area contributed by atoms with Crippen molar-refractivity contribution in [1.29, 1.82) is 0 Å². The SMILES string of the molecule is O=C(CNc1ccccc1)N(Cc1ccccc1)C1CC1. The number of amides is 1. The Hall–Kier alpha value is -2.29. The van der Waals surface area contributed by atoms with E-state index in [1.807, 2.05) is 53.4 Å². The first kappa shape index (κ1) is 13.7. The van der Waals surface area contributed by atoms with E-state index >= 15 is 0 Å². The summed E-state index contributed by atoms with van der Waals surface area (Å²) in [6.07, 6.45) is 2.26. The summed E-state index contributed by atoms with van der Waals surface area (Å²) in [4.78, 5) is 14.5. The zero-order chi connectivity index (χ0) is 14.5. The lowest BCUT2D eigenvalue weighted by atomic mass is 10.2. The second-order valence-corrected chi connectivity index (χ2v) is 5.46. The molecule has 1 saturated carbocycles. The molecule has 0 aromatic heterocycles. The van der Waals surface area contributed by atoms with Gasteiger partial charge in [-0.05, 0) is 30.5 Å². The van der Waals surface area contributed by atoms with Crippen molar-refractivity contribution in [3.63, 3.8) is 0 Å². The third kappa shape index (κ3) is 3.85. The maximum atomic E-state index is 12.5. The van der Waals surface area contributed by atoms with Gasteiger partial charge in [0, 0.05) is 18.3 Å². The Morgan fingerprint density at radius 3 is 2.24 bits per heavy atom. The van der Waals surface area contributed by atoms with Crippen molar-refractivity contribution in [2.24, 2.45) is 0 Å². The summed E-state index contributed by atoms with van der Waals surface area (Å²) >= 11 is 0. The predicted molar refractivity (Wildman–Crippen MR) is 84.9 cm³/mol. The maximum Gasteiger partial charge on any atom is 0.242 e. The Morgan fingerprint density at radius 2 is 1.62 bits per heavy atom. The van der Waals surface area contributed by atoms with Crippen LogP contribution in [0.5, 0.6) is 0 Å². The Labute approximate surface area is 125 Å². The number of hydrogen-bond donors (Lipinski definition) is 1. The lowest BCUT2D eigenvalue weighted by Gasteiger charge is -2.23. The van der Waals surface area contributed by atoms with Gasteiger partial charge in [-0.1, -0.05) is 48.5 Å². The number of nitrogens with one attached hydrogen (secondary N) is 1. The van der Waals surface area contributed by atoms with Crippen LogP contribution in [-0.2, 0) is 11.3 Å². The van der Waals surface area contributed by atoms with E-state index in [0.717, 1.165) is 18.5 Å². The summed E-state index contributed by atoms with van der Waals surface area (Å²) in [6.45, 7) is 1.06. The van der Waals surface area contributed by atoms with E-state index in [0.29, 0.717) is 19.1 Å². The molecule has 0 spiro atoms. The minimum atomic E-state index is 0.171. The summed E-state index contributed by atoms with van der Waals surface area (Å²) < 4.78 is 0. The molecule has 3 heteroatoms. The second kappa shape index (κ2) is 6.44. The number of benzene rings is 2. The van der Waals surface area contributed by atoms with Gasteiger partial charge < -0.3 is 10.2 Å². The van der Waals surface area contributed by atoms with Crippen molar-refractivity contribution < 1.29 is 4.79 Å². The largest absolute Gasteiger partial charge is 0.376 e. The molecule has 0 atom stereocenters. The molecule has 2 aromatic rings. The number of carbonyl (C=O) groups is 1. The zero-order valence-electron chi connectivity index (χ0n) is 12.0. The van der Waals surface area contributed by atoms with E-state index < -0.39 is 0 Å². The van der Waals surface area contributed by atoms with Gasteiger partial charge in [-0.3, -0.25) is 4.79 Å². The van der Waals surface area contributed by atoms with Crippen LogP contribution in [0.15, 0.2) is 60.7 Å². The number of rotatable bonds is 6. The molecule has 0 radical (unpaired) electrons. The summed E-state index contributed by atoms with van der Waals surface area (Å²) in [5.41, 5.74) is 2.18. The van der Waals surface area contributed by atoms with Gasteiger partial charge in [0.05, 0.1) is 6.54 Å². The summed E-state index contributed by atoms with van der Waals surface area (Å²) in [7, 11) is 0. The van der Waals surface area contributed by atoms with E-state index in [-0.39, 0.29) is 5.91 Å². The number of anilines is 1. The van der Waals surface area contributed by atoms with E-state index in [4.69, 9.17) is 0 Å². The second-order valence-electron chi connectivity index (χ2n) is 5.46. The van der Waals surface area contributed by atoms with E-state index in [9.17, 15) is 4.79 Å². The lowest BCUT2D eigenvalue weighted by Crippen LogP contribution is -2.36. The highest BCUT2D eigenvalue weighted by atomic mass is 16.2. The van der Waals surface area contributed by atoms with Gasteiger partial charge in [0.15, 0.2) is 0 Å². The van der Waals surface area contributed by atoms with Crippen LogP contribution < -0.4 is 5.32 Å². The van der Waals surface area contributed by atoms with Gasteiger partial charge in [0.2, 0.25) is 5.91 Å². The summed E-state index contributed by atoms with van der Waals surface area (Å²) in [6, 6.07) is 20.5. The molecule has 1 N–H and O–H groups in total. The van der Waals surface area contributed by atoms with E-state index in [1.54, 1.807) is 0 Å². The molecule has 1 aliphatic rings. The van der Waals surface area contributed by atoms with Gasteiger partial charge in [-0.25, -0.2) is 0 Å². The smallest absolute Gasteiger partial charge is 0.242 e. The lowest BCUT2D eigenvalue weighted by molar-refractivity contribution is -0.130. The predicted octanol–water partition coefficient (Wildman–Crippen LogP) is 3.29. The van der Waals surface area contributed by atoms with Crippen molar-refractivity contribution in [1.82, 2.24) is 4.90 Å². The molecule has 0 heterocycles.